The highest BCUT2D eigenvalue weighted by molar-refractivity contribution is 5.69. The van der Waals surface area contributed by atoms with Crippen molar-refractivity contribution in [3.05, 3.63) is 23.7 Å². The fourth-order valence-corrected chi connectivity index (χ4v) is 2.52. The van der Waals surface area contributed by atoms with Crippen LogP contribution in [0.1, 0.15) is 44.9 Å². The van der Waals surface area contributed by atoms with Crippen LogP contribution in [0.5, 0.6) is 0 Å². The SMILES string of the molecule is Cc1cc(C2(NC(=O)OC(C)(C)C)CCCNC2)co1. The van der Waals surface area contributed by atoms with Crippen LogP contribution in [0.2, 0.25) is 0 Å². The first-order valence-electron chi connectivity index (χ1n) is 7.08. The summed E-state index contributed by atoms with van der Waals surface area (Å²) in [5.41, 5.74) is 0.0472. The average molecular weight is 280 g/mol. The molecule has 0 aliphatic carbocycles. The zero-order valence-electron chi connectivity index (χ0n) is 12.7. The van der Waals surface area contributed by atoms with Crippen molar-refractivity contribution < 1.29 is 13.9 Å². The molecule has 0 radical (unpaired) electrons. The van der Waals surface area contributed by atoms with Gasteiger partial charge in [0.25, 0.3) is 0 Å². The molecule has 1 aliphatic heterocycles. The van der Waals surface area contributed by atoms with Crippen LogP contribution in [0.4, 0.5) is 4.79 Å². The summed E-state index contributed by atoms with van der Waals surface area (Å²) in [6.07, 6.45) is 3.21. The van der Waals surface area contributed by atoms with E-state index in [9.17, 15) is 4.79 Å². The van der Waals surface area contributed by atoms with Gasteiger partial charge in [-0.15, -0.1) is 0 Å². The minimum atomic E-state index is -0.500. The second-order valence-electron chi connectivity index (χ2n) is 6.44. The van der Waals surface area contributed by atoms with Crippen LogP contribution in [-0.4, -0.2) is 24.8 Å². The predicted octanol–water partition coefficient (Wildman–Crippen LogP) is 2.69. The number of ether oxygens (including phenoxy) is 1. The van der Waals surface area contributed by atoms with Crippen molar-refractivity contribution in [2.24, 2.45) is 0 Å². The molecule has 1 fully saturated rings. The zero-order chi connectivity index (χ0) is 14.8. The number of alkyl carbamates (subject to hydrolysis) is 1. The van der Waals surface area contributed by atoms with E-state index in [1.807, 2.05) is 33.8 Å². The van der Waals surface area contributed by atoms with Gasteiger partial charge in [0, 0.05) is 12.1 Å². The molecule has 1 amide bonds. The zero-order valence-corrected chi connectivity index (χ0v) is 12.7. The van der Waals surface area contributed by atoms with E-state index in [4.69, 9.17) is 9.15 Å². The average Bonchev–Trinajstić information content (AvgIpc) is 2.75. The third-order valence-electron chi connectivity index (χ3n) is 3.41. The molecule has 1 aromatic rings. The molecule has 5 heteroatoms. The van der Waals surface area contributed by atoms with Gasteiger partial charge >= 0.3 is 6.09 Å². The number of carbonyl (C=O) groups is 1. The highest BCUT2D eigenvalue weighted by Gasteiger charge is 2.38. The molecule has 1 atom stereocenters. The molecule has 1 aromatic heterocycles. The Kier molecular flexibility index (Phi) is 4.09. The van der Waals surface area contributed by atoms with Crippen molar-refractivity contribution in [1.29, 1.82) is 0 Å². The minimum absolute atomic E-state index is 0.389. The van der Waals surface area contributed by atoms with Crippen molar-refractivity contribution in [1.82, 2.24) is 10.6 Å². The number of rotatable bonds is 2. The number of hydrogen-bond acceptors (Lipinski definition) is 4. The molecule has 1 unspecified atom stereocenters. The lowest BCUT2D eigenvalue weighted by atomic mass is 9.84. The lowest BCUT2D eigenvalue weighted by Gasteiger charge is -2.38. The van der Waals surface area contributed by atoms with Gasteiger partial charge in [-0.3, -0.25) is 0 Å². The van der Waals surface area contributed by atoms with Gasteiger partial charge in [-0.05, 0) is 53.1 Å². The first-order valence-corrected chi connectivity index (χ1v) is 7.08. The van der Waals surface area contributed by atoms with Gasteiger partial charge in [0.2, 0.25) is 0 Å². The summed E-state index contributed by atoms with van der Waals surface area (Å²) in [6.45, 7) is 9.14. The Bertz CT molecular complexity index is 468. The summed E-state index contributed by atoms with van der Waals surface area (Å²) in [5, 5.41) is 6.37. The maximum absolute atomic E-state index is 12.1. The van der Waals surface area contributed by atoms with Crippen LogP contribution >= 0.6 is 0 Å². The lowest BCUT2D eigenvalue weighted by Crippen LogP contribution is -2.55. The Morgan fingerprint density at radius 3 is 2.75 bits per heavy atom. The fraction of sp³-hybridized carbons (Fsp3) is 0.667. The predicted molar refractivity (Wildman–Crippen MR) is 76.6 cm³/mol. The van der Waals surface area contributed by atoms with Gasteiger partial charge < -0.3 is 19.8 Å². The monoisotopic (exact) mass is 280 g/mol. The van der Waals surface area contributed by atoms with Gasteiger partial charge in [-0.2, -0.15) is 0 Å². The summed E-state index contributed by atoms with van der Waals surface area (Å²) in [7, 11) is 0. The Hall–Kier alpha value is -1.49. The van der Waals surface area contributed by atoms with Gasteiger partial charge in [0.05, 0.1) is 11.8 Å². The molecule has 1 aliphatic rings. The van der Waals surface area contributed by atoms with E-state index in [0.717, 1.165) is 30.7 Å². The van der Waals surface area contributed by atoms with Crippen molar-refractivity contribution in [3.63, 3.8) is 0 Å². The third kappa shape index (κ3) is 3.54. The summed E-state index contributed by atoms with van der Waals surface area (Å²) in [4.78, 5) is 12.1. The van der Waals surface area contributed by atoms with E-state index in [1.54, 1.807) is 6.26 Å². The largest absolute Gasteiger partial charge is 0.469 e. The number of carbonyl (C=O) groups excluding carboxylic acids is 1. The van der Waals surface area contributed by atoms with Crippen LogP contribution in [0.15, 0.2) is 16.7 Å². The van der Waals surface area contributed by atoms with E-state index in [2.05, 4.69) is 10.6 Å². The number of furan rings is 1. The smallest absolute Gasteiger partial charge is 0.408 e. The quantitative estimate of drug-likeness (QED) is 0.874. The maximum Gasteiger partial charge on any atom is 0.408 e. The van der Waals surface area contributed by atoms with Crippen LogP contribution in [0.25, 0.3) is 0 Å². The van der Waals surface area contributed by atoms with Gasteiger partial charge in [-0.1, -0.05) is 0 Å². The molecule has 0 saturated carbocycles. The normalized spacial score (nSPS) is 23.4. The number of nitrogens with one attached hydrogen (secondary N) is 2. The lowest BCUT2D eigenvalue weighted by molar-refractivity contribution is 0.0430. The number of amides is 1. The van der Waals surface area contributed by atoms with Crippen LogP contribution in [-0.2, 0) is 10.3 Å². The highest BCUT2D eigenvalue weighted by atomic mass is 16.6. The maximum atomic E-state index is 12.1. The van der Waals surface area contributed by atoms with Crippen LogP contribution in [0, 0.1) is 6.92 Å². The highest BCUT2D eigenvalue weighted by Crippen LogP contribution is 2.30. The molecular weight excluding hydrogens is 256 g/mol. The summed E-state index contributed by atoms with van der Waals surface area (Å²) >= 11 is 0. The molecular formula is C15H24N2O3. The topological polar surface area (TPSA) is 63.5 Å². The Balaban J connectivity index is 2.18. The summed E-state index contributed by atoms with van der Waals surface area (Å²) in [5.74, 6) is 0.843. The van der Waals surface area contributed by atoms with Gasteiger partial charge in [0.1, 0.15) is 11.4 Å². The van der Waals surface area contributed by atoms with Crippen LogP contribution in [0.3, 0.4) is 0 Å². The molecule has 1 saturated heterocycles. The Morgan fingerprint density at radius 1 is 1.50 bits per heavy atom. The van der Waals surface area contributed by atoms with E-state index in [-0.39, 0.29) is 6.09 Å². The van der Waals surface area contributed by atoms with Crippen LogP contribution < -0.4 is 10.6 Å². The minimum Gasteiger partial charge on any atom is -0.469 e. The molecule has 2 heterocycles. The molecule has 0 bridgehead atoms. The van der Waals surface area contributed by atoms with E-state index in [1.165, 1.54) is 0 Å². The van der Waals surface area contributed by atoms with Gasteiger partial charge in [0.15, 0.2) is 0 Å². The van der Waals surface area contributed by atoms with Gasteiger partial charge in [-0.25, -0.2) is 4.79 Å². The van der Waals surface area contributed by atoms with E-state index in [0.29, 0.717) is 6.54 Å². The molecule has 2 rings (SSSR count). The third-order valence-corrected chi connectivity index (χ3v) is 3.41. The standard InChI is InChI=1S/C15H24N2O3/c1-11-8-12(9-19-11)15(6-5-7-16-10-15)17-13(18)20-14(2,3)4/h8-9,16H,5-7,10H2,1-4H3,(H,17,18). The van der Waals surface area contributed by atoms with Crippen molar-refractivity contribution >= 4 is 6.09 Å². The van der Waals surface area contributed by atoms with E-state index < -0.39 is 11.1 Å². The second-order valence-corrected chi connectivity index (χ2v) is 6.44. The van der Waals surface area contributed by atoms with Crippen molar-refractivity contribution in [3.8, 4) is 0 Å². The molecule has 5 nitrogen and oxygen atoms in total. The fourth-order valence-electron chi connectivity index (χ4n) is 2.52. The second kappa shape index (κ2) is 5.48. The molecule has 2 N–H and O–H groups in total. The summed E-state index contributed by atoms with van der Waals surface area (Å²) in [6, 6.07) is 1.98. The summed E-state index contributed by atoms with van der Waals surface area (Å²) < 4.78 is 10.8. The van der Waals surface area contributed by atoms with E-state index >= 15 is 0 Å². The Labute approximate surface area is 120 Å². The Morgan fingerprint density at radius 2 is 2.25 bits per heavy atom. The van der Waals surface area contributed by atoms with Crippen molar-refractivity contribution in [2.45, 2.75) is 51.7 Å². The first-order chi connectivity index (χ1) is 9.31. The first kappa shape index (κ1) is 14.9. The number of hydrogen-bond donors (Lipinski definition) is 2. The number of piperidine rings is 1. The molecule has 112 valence electrons. The molecule has 0 aromatic carbocycles. The molecule has 0 spiro atoms. The molecule has 20 heavy (non-hydrogen) atoms. The van der Waals surface area contributed by atoms with Crippen molar-refractivity contribution in [2.75, 3.05) is 13.1 Å². The number of aryl methyl sites for hydroxylation is 1.